The van der Waals surface area contributed by atoms with Gasteiger partial charge in [-0.3, -0.25) is 4.79 Å². The van der Waals surface area contributed by atoms with E-state index in [1.807, 2.05) is 0 Å². The average Bonchev–Trinajstić information content (AvgIpc) is 3.35. The van der Waals surface area contributed by atoms with Crippen molar-refractivity contribution in [3.05, 3.63) is 12.2 Å². The van der Waals surface area contributed by atoms with E-state index in [1.165, 1.54) is 14.2 Å². The molecule has 0 amide bonds. The van der Waals surface area contributed by atoms with E-state index in [1.54, 1.807) is 0 Å². The van der Waals surface area contributed by atoms with Crippen LogP contribution in [0.5, 0.6) is 0 Å². The van der Waals surface area contributed by atoms with Crippen molar-refractivity contribution in [3.63, 3.8) is 0 Å². The van der Waals surface area contributed by atoms with Gasteiger partial charge >= 0.3 is 11.9 Å². The molecule has 23 heavy (non-hydrogen) atoms. The van der Waals surface area contributed by atoms with Crippen molar-refractivity contribution >= 4 is 11.9 Å². The van der Waals surface area contributed by atoms with E-state index in [-0.39, 0.29) is 24.3 Å². The van der Waals surface area contributed by atoms with Crippen molar-refractivity contribution in [1.82, 2.24) is 0 Å². The second-order valence-electron chi connectivity index (χ2n) is 8.02. The van der Waals surface area contributed by atoms with Crippen molar-refractivity contribution in [3.8, 4) is 0 Å². The zero-order chi connectivity index (χ0) is 15.7. The van der Waals surface area contributed by atoms with Crippen LogP contribution in [0.1, 0.15) is 0 Å². The largest absolute Gasteiger partial charge is 0.468 e. The number of rotatable bonds is 2. The Balaban J connectivity index is 1.62. The molecule has 0 saturated heterocycles. The lowest BCUT2D eigenvalue weighted by atomic mass is 9.54. The van der Waals surface area contributed by atoms with Crippen molar-refractivity contribution in [2.75, 3.05) is 20.8 Å². The Labute approximate surface area is 133 Å². The number of hydrogen-bond donors (Lipinski definition) is 0. The molecule has 0 unspecified atom stereocenters. The summed E-state index contributed by atoms with van der Waals surface area (Å²) >= 11 is 0. The molecule has 120 valence electrons. The van der Waals surface area contributed by atoms with Gasteiger partial charge in [-0.05, 0) is 41.4 Å². The predicted molar refractivity (Wildman–Crippen MR) is 76.0 cm³/mol. The van der Waals surface area contributed by atoms with Crippen LogP contribution < -0.4 is 0 Å². The number of allylic oxidation sites excluding steroid dienone is 2. The summed E-state index contributed by atoms with van der Waals surface area (Å²) in [6.07, 6.45) is 4.68. The average molecular weight is 314 g/mol. The maximum absolute atomic E-state index is 12.9. The lowest BCUT2D eigenvalue weighted by Crippen LogP contribution is -2.64. The van der Waals surface area contributed by atoms with Gasteiger partial charge < -0.3 is 9.47 Å². The molecule has 6 aliphatic carbocycles. The van der Waals surface area contributed by atoms with Gasteiger partial charge in [0.2, 0.25) is 0 Å². The summed E-state index contributed by atoms with van der Waals surface area (Å²) in [5.74, 6) is 2.59. The summed E-state index contributed by atoms with van der Waals surface area (Å²) in [6.45, 7) is 0.267. The highest BCUT2D eigenvalue weighted by Crippen LogP contribution is 2.87. The van der Waals surface area contributed by atoms with E-state index in [2.05, 4.69) is 22.4 Å². The first-order valence-electron chi connectivity index (χ1n) is 8.39. The van der Waals surface area contributed by atoms with Gasteiger partial charge in [0.05, 0.1) is 20.8 Å². The summed E-state index contributed by atoms with van der Waals surface area (Å²) in [5, 5.41) is 8.64. The van der Waals surface area contributed by atoms with Crippen molar-refractivity contribution < 1.29 is 19.1 Å². The normalized spacial score (nSPS) is 60.8. The van der Waals surface area contributed by atoms with Gasteiger partial charge in [-0.1, -0.05) is 12.2 Å². The predicted octanol–water partition coefficient (Wildman–Crippen LogP) is 1.08. The Morgan fingerprint density at radius 3 is 2.26 bits per heavy atom. The zero-order valence-electron chi connectivity index (χ0n) is 13.0. The van der Waals surface area contributed by atoms with Crippen molar-refractivity contribution in [2.45, 2.75) is 5.54 Å². The molecule has 0 aromatic carbocycles. The van der Waals surface area contributed by atoms with E-state index in [4.69, 9.17) is 9.47 Å². The second-order valence-corrected chi connectivity index (χ2v) is 8.02. The van der Waals surface area contributed by atoms with Crippen LogP contribution in [0, 0.1) is 52.8 Å². The number of hydrogen-bond acceptors (Lipinski definition) is 6. The lowest BCUT2D eigenvalue weighted by Gasteiger charge is -2.48. The van der Waals surface area contributed by atoms with Gasteiger partial charge in [0.15, 0.2) is 5.54 Å². The molecule has 5 fully saturated rings. The second kappa shape index (κ2) is 3.37. The molecule has 10 atom stereocenters. The third-order valence-corrected chi connectivity index (χ3v) is 8.21. The van der Waals surface area contributed by atoms with Crippen LogP contribution in [0.15, 0.2) is 22.4 Å². The molecular weight excluding hydrogens is 296 g/mol. The molecule has 0 spiro atoms. The van der Waals surface area contributed by atoms with Crippen molar-refractivity contribution in [2.24, 2.45) is 63.0 Å². The monoisotopic (exact) mass is 314 g/mol. The van der Waals surface area contributed by atoms with E-state index in [0.717, 1.165) is 0 Å². The lowest BCUT2D eigenvalue weighted by molar-refractivity contribution is -0.175. The maximum atomic E-state index is 12.9. The molecule has 0 aromatic heterocycles. The molecule has 1 heterocycles. The Morgan fingerprint density at radius 1 is 0.957 bits per heavy atom. The first-order chi connectivity index (χ1) is 11.1. The van der Waals surface area contributed by atoms with Crippen LogP contribution in [-0.4, -0.2) is 38.2 Å². The minimum atomic E-state index is -1.14. The standard InChI is InChI=1S/C17H18N2O4/c1-22-14(20)16-5-18-19-17(16,15(21)23-2)13-10-7-4-3-6-8(7)11(13)12(16)9(6)10/h3-4,6-13H,5H2,1-2H3/t6-,7-,8+,9+,10-,11-,12+,13-,16+,17-/m0/s1. The number of methoxy groups -OCH3 is 2. The quantitative estimate of drug-likeness (QED) is 0.564. The van der Waals surface area contributed by atoms with Crippen LogP contribution in [0.2, 0.25) is 0 Å². The summed E-state index contributed by atoms with van der Waals surface area (Å²) in [7, 11) is 2.78. The van der Waals surface area contributed by atoms with E-state index >= 15 is 0 Å². The highest BCUT2D eigenvalue weighted by atomic mass is 16.5. The first-order valence-corrected chi connectivity index (χ1v) is 8.39. The fraction of sp³-hybridized carbons (Fsp3) is 0.765. The molecule has 5 saturated carbocycles. The van der Waals surface area contributed by atoms with Gasteiger partial charge in [-0.25, -0.2) is 4.79 Å². The van der Waals surface area contributed by atoms with Crippen LogP contribution in [0.3, 0.4) is 0 Å². The number of fused-ring (bicyclic) bond motifs is 1. The molecule has 0 aromatic rings. The van der Waals surface area contributed by atoms with Gasteiger partial charge in [-0.15, -0.1) is 0 Å². The molecule has 7 rings (SSSR count). The van der Waals surface area contributed by atoms with E-state index in [9.17, 15) is 9.59 Å². The molecule has 6 heteroatoms. The Hall–Kier alpha value is -1.72. The Kier molecular flexibility index (Phi) is 1.86. The number of carbonyl (C=O) groups excluding carboxylic acids is 2. The summed E-state index contributed by atoms with van der Waals surface area (Å²) in [5.41, 5.74) is -2.08. The fourth-order valence-electron chi connectivity index (χ4n) is 8.20. The molecule has 0 radical (unpaired) electrons. The number of ether oxygens (including phenoxy) is 2. The summed E-state index contributed by atoms with van der Waals surface area (Å²) in [4.78, 5) is 25.8. The third-order valence-electron chi connectivity index (χ3n) is 8.21. The molecular formula is C17H18N2O4. The smallest absolute Gasteiger partial charge is 0.337 e. The molecule has 6 nitrogen and oxygen atoms in total. The number of nitrogens with zero attached hydrogens (tertiary/aromatic N) is 2. The highest BCUT2D eigenvalue weighted by molar-refractivity contribution is 5.95. The molecule has 8 bridgehead atoms. The van der Waals surface area contributed by atoms with Crippen LogP contribution in [-0.2, 0) is 19.1 Å². The van der Waals surface area contributed by atoms with Gasteiger partial charge in [-0.2, -0.15) is 10.2 Å². The Morgan fingerprint density at radius 2 is 1.61 bits per heavy atom. The summed E-state index contributed by atoms with van der Waals surface area (Å²) in [6, 6.07) is 0. The molecule has 0 N–H and O–H groups in total. The zero-order valence-corrected chi connectivity index (χ0v) is 13.0. The number of azo groups is 1. The van der Waals surface area contributed by atoms with Gasteiger partial charge in [0, 0.05) is 5.92 Å². The minimum absolute atomic E-state index is 0.0894. The van der Waals surface area contributed by atoms with Crippen molar-refractivity contribution in [1.29, 1.82) is 0 Å². The van der Waals surface area contributed by atoms with Crippen LogP contribution in [0.4, 0.5) is 0 Å². The maximum Gasteiger partial charge on any atom is 0.337 e. The topological polar surface area (TPSA) is 77.3 Å². The number of esters is 2. The van der Waals surface area contributed by atoms with Gasteiger partial charge in [0.25, 0.3) is 0 Å². The molecule has 1 aliphatic heterocycles. The van der Waals surface area contributed by atoms with Crippen LogP contribution >= 0.6 is 0 Å². The van der Waals surface area contributed by atoms with E-state index < -0.39 is 16.9 Å². The third kappa shape index (κ3) is 0.870. The van der Waals surface area contributed by atoms with Gasteiger partial charge in [0.1, 0.15) is 5.41 Å². The number of carbonyl (C=O) groups is 2. The first kappa shape index (κ1) is 12.7. The fourth-order valence-corrected chi connectivity index (χ4v) is 8.20. The minimum Gasteiger partial charge on any atom is -0.468 e. The highest BCUT2D eigenvalue weighted by Gasteiger charge is 2.93. The molecule has 7 aliphatic rings. The van der Waals surface area contributed by atoms with E-state index in [0.29, 0.717) is 35.5 Å². The Bertz CT molecular complexity index is 732. The summed E-state index contributed by atoms with van der Waals surface area (Å²) < 4.78 is 10.3. The SMILES string of the molecule is COC(=O)[C@]12CN=N[C@]1(C(=O)OC)[C@H]1[C@H]3[C@H]4C=C[C@H]5[C@H]4[C@H]1[C@H]2[C@H]53. The van der Waals surface area contributed by atoms with Crippen LogP contribution in [0.25, 0.3) is 0 Å².